The molecule has 0 unspecified atom stereocenters. The Morgan fingerprint density at radius 2 is 1.45 bits per heavy atom. The van der Waals surface area contributed by atoms with Gasteiger partial charge >= 0.3 is 5.97 Å². The molecule has 1 amide bonds. The van der Waals surface area contributed by atoms with Gasteiger partial charge in [0.05, 0.1) is 15.6 Å². The number of rotatable bonds is 4. The summed E-state index contributed by atoms with van der Waals surface area (Å²) in [7, 11) is 0. The lowest BCUT2D eigenvalue weighted by molar-refractivity contribution is 0.0733. The molecular weight excluding hydrogens is 423 g/mol. The molecule has 0 atom stereocenters. The fraction of sp³-hybridized carbons (Fsp3) is 0.0476. The highest BCUT2D eigenvalue weighted by Gasteiger charge is 2.14. The van der Waals surface area contributed by atoms with Crippen LogP contribution >= 0.6 is 23.2 Å². The second kappa shape index (κ2) is 8.59. The number of amides is 1. The van der Waals surface area contributed by atoms with Crippen LogP contribution in [0.5, 0.6) is 5.75 Å². The minimum Gasteiger partial charge on any atom is -0.423 e. The Bertz CT molecular complexity index is 1120. The molecule has 0 radical (unpaired) electrons. The van der Waals surface area contributed by atoms with Gasteiger partial charge in [0.1, 0.15) is 17.4 Å². The molecule has 0 aliphatic carbocycles. The Morgan fingerprint density at radius 1 is 0.862 bits per heavy atom. The first-order valence-corrected chi connectivity index (χ1v) is 9.04. The minimum atomic E-state index is -0.733. The molecule has 3 aromatic carbocycles. The first kappa shape index (κ1) is 20.8. The van der Waals surface area contributed by atoms with Gasteiger partial charge in [-0.3, -0.25) is 4.79 Å². The van der Waals surface area contributed by atoms with Crippen LogP contribution in [0.3, 0.4) is 0 Å². The van der Waals surface area contributed by atoms with Crippen LogP contribution in [-0.4, -0.2) is 11.9 Å². The highest BCUT2D eigenvalue weighted by Crippen LogP contribution is 2.25. The third-order valence-corrected chi connectivity index (χ3v) is 4.57. The molecule has 0 saturated carbocycles. The number of benzene rings is 3. The average Bonchev–Trinajstić information content (AvgIpc) is 2.68. The van der Waals surface area contributed by atoms with E-state index < -0.39 is 23.5 Å². The lowest BCUT2D eigenvalue weighted by Crippen LogP contribution is -2.13. The van der Waals surface area contributed by atoms with Crippen LogP contribution in [0.1, 0.15) is 26.3 Å². The summed E-state index contributed by atoms with van der Waals surface area (Å²) in [6.45, 7) is 1.71. The van der Waals surface area contributed by atoms with Crippen LogP contribution in [0.4, 0.5) is 14.5 Å². The zero-order valence-electron chi connectivity index (χ0n) is 14.9. The molecule has 3 aromatic rings. The van der Waals surface area contributed by atoms with Crippen molar-refractivity contribution in [2.45, 2.75) is 6.92 Å². The quantitative estimate of drug-likeness (QED) is 0.400. The van der Waals surface area contributed by atoms with Crippen molar-refractivity contribution in [3.63, 3.8) is 0 Å². The van der Waals surface area contributed by atoms with Gasteiger partial charge in [-0.25, -0.2) is 13.6 Å². The topological polar surface area (TPSA) is 55.4 Å². The van der Waals surface area contributed by atoms with Gasteiger partial charge < -0.3 is 10.1 Å². The largest absolute Gasteiger partial charge is 0.423 e. The summed E-state index contributed by atoms with van der Waals surface area (Å²) in [6.07, 6.45) is 0. The van der Waals surface area contributed by atoms with E-state index in [1.807, 2.05) is 0 Å². The van der Waals surface area contributed by atoms with Crippen LogP contribution in [0, 0.1) is 18.6 Å². The zero-order chi connectivity index (χ0) is 21.1. The highest BCUT2D eigenvalue weighted by atomic mass is 35.5. The maximum atomic E-state index is 13.3. The van der Waals surface area contributed by atoms with E-state index in [-0.39, 0.29) is 26.9 Å². The molecule has 29 heavy (non-hydrogen) atoms. The molecule has 0 aromatic heterocycles. The molecule has 0 saturated heterocycles. The molecule has 0 aliphatic heterocycles. The number of nitrogens with one attached hydrogen (secondary N) is 1. The van der Waals surface area contributed by atoms with E-state index >= 15 is 0 Å². The van der Waals surface area contributed by atoms with Crippen molar-refractivity contribution in [2.75, 3.05) is 5.32 Å². The number of aryl methyl sites for hydroxylation is 1. The van der Waals surface area contributed by atoms with Crippen molar-refractivity contribution in [1.29, 1.82) is 0 Å². The summed E-state index contributed by atoms with van der Waals surface area (Å²) in [5.74, 6) is -2.33. The van der Waals surface area contributed by atoms with E-state index in [0.717, 1.165) is 12.1 Å². The molecule has 0 aliphatic rings. The van der Waals surface area contributed by atoms with Crippen molar-refractivity contribution >= 4 is 40.8 Å². The van der Waals surface area contributed by atoms with Gasteiger partial charge in [0.2, 0.25) is 0 Å². The Balaban J connectivity index is 1.78. The summed E-state index contributed by atoms with van der Waals surface area (Å²) in [6, 6.07) is 11.8. The molecule has 0 heterocycles. The molecule has 148 valence electrons. The molecule has 0 fully saturated rings. The molecule has 3 rings (SSSR count). The highest BCUT2D eigenvalue weighted by molar-refractivity contribution is 6.31. The van der Waals surface area contributed by atoms with Gasteiger partial charge in [0.15, 0.2) is 0 Å². The maximum Gasteiger partial charge on any atom is 0.343 e. The van der Waals surface area contributed by atoms with Gasteiger partial charge in [-0.1, -0.05) is 29.3 Å². The van der Waals surface area contributed by atoms with Crippen molar-refractivity contribution in [2.24, 2.45) is 0 Å². The van der Waals surface area contributed by atoms with Gasteiger partial charge in [0, 0.05) is 17.3 Å². The normalized spacial score (nSPS) is 10.5. The smallest absolute Gasteiger partial charge is 0.343 e. The summed E-state index contributed by atoms with van der Waals surface area (Å²) < 4.78 is 31.9. The average molecular weight is 436 g/mol. The Morgan fingerprint density at radius 3 is 2.07 bits per heavy atom. The van der Waals surface area contributed by atoms with Crippen molar-refractivity contribution in [3.8, 4) is 5.75 Å². The van der Waals surface area contributed by atoms with E-state index in [2.05, 4.69) is 5.32 Å². The number of carbonyl (C=O) groups is 2. The Kier molecular flexibility index (Phi) is 6.15. The van der Waals surface area contributed by atoms with Gasteiger partial charge in [0.25, 0.3) is 5.91 Å². The number of halogens is 4. The minimum absolute atomic E-state index is 0.0752. The second-order valence-corrected chi connectivity index (χ2v) is 6.90. The van der Waals surface area contributed by atoms with Crippen molar-refractivity contribution in [3.05, 3.63) is 93.0 Å². The van der Waals surface area contributed by atoms with Crippen molar-refractivity contribution < 1.29 is 23.1 Å². The number of carbonyl (C=O) groups excluding carboxylic acids is 2. The lowest BCUT2D eigenvalue weighted by Gasteiger charge is -2.11. The predicted molar refractivity (Wildman–Crippen MR) is 107 cm³/mol. The van der Waals surface area contributed by atoms with E-state index in [4.69, 9.17) is 27.9 Å². The summed E-state index contributed by atoms with van der Waals surface area (Å²) >= 11 is 11.4. The van der Waals surface area contributed by atoms with Crippen LogP contribution < -0.4 is 10.1 Å². The number of ether oxygens (including phenoxy) is 1. The predicted octanol–water partition coefficient (Wildman–Crippen LogP) is 6.05. The fourth-order valence-electron chi connectivity index (χ4n) is 2.41. The van der Waals surface area contributed by atoms with Crippen LogP contribution in [0.15, 0.2) is 54.6 Å². The summed E-state index contributed by atoms with van der Waals surface area (Å²) in [4.78, 5) is 24.7. The van der Waals surface area contributed by atoms with E-state index in [0.29, 0.717) is 11.3 Å². The van der Waals surface area contributed by atoms with Gasteiger partial charge in [-0.05, 0) is 55.0 Å². The summed E-state index contributed by atoms with van der Waals surface area (Å²) in [5.41, 5.74) is 1.22. The molecule has 0 spiro atoms. The molecular formula is C21H13Cl2F2NO3. The number of anilines is 1. The third-order valence-electron chi connectivity index (χ3n) is 3.99. The number of esters is 1. The molecule has 0 bridgehead atoms. The van der Waals surface area contributed by atoms with Crippen LogP contribution in [0.25, 0.3) is 0 Å². The first-order valence-electron chi connectivity index (χ1n) is 8.29. The van der Waals surface area contributed by atoms with Crippen LogP contribution in [0.2, 0.25) is 10.0 Å². The third kappa shape index (κ3) is 4.91. The molecule has 4 nitrogen and oxygen atoms in total. The second-order valence-electron chi connectivity index (χ2n) is 6.08. The summed E-state index contributed by atoms with van der Waals surface area (Å²) in [5, 5.41) is 2.25. The van der Waals surface area contributed by atoms with E-state index in [9.17, 15) is 18.4 Å². The maximum absolute atomic E-state index is 13.3. The SMILES string of the molecule is Cc1ccc(NC(=O)c2ccc(F)c(Cl)c2)cc1OC(=O)c1ccc(F)c(Cl)c1. The lowest BCUT2D eigenvalue weighted by atomic mass is 10.1. The molecule has 1 N–H and O–H groups in total. The zero-order valence-corrected chi connectivity index (χ0v) is 16.4. The van der Waals surface area contributed by atoms with Gasteiger partial charge in [-0.15, -0.1) is 0 Å². The monoisotopic (exact) mass is 435 g/mol. The Hall–Kier alpha value is -2.96. The van der Waals surface area contributed by atoms with Gasteiger partial charge in [-0.2, -0.15) is 0 Å². The van der Waals surface area contributed by atoms with Crippen LogP contribution in [-0.2, 0) is 0 Å². The van der Waals surface area contributed by atoms with E-state index in [1.54, 1.807) is 19.1 Å². The fourth-order valence-corrected chi connectivity index (χ4v) is 2.77. The van der Waals surface area contributed by atoms with E-state index in [1.165, 1.54) is 30.3 Å². The first-order chi connectivity index (χ1) is 13.7. The molecule has 8 heteroatoms. The number of hydrogen-bond donors (Lipinski definition) is 1. The standard InChI is InChI=1S/C21H13Cl2F2NO3/c1-11-2-5-14(26-20(27)12-3-6-17(24)15(22)8-12)10-19(11)29-21(28)13-4-7-18(25)16(23)9-13/h2-10H,1H3,(H,26,27). The number of hydrogen-bond acceptors (Lipinski definition) is 3. The van der Waals surface area contributed by atoms with Crippen molar-refractivity contribution in [1.82, 2.24) is 0 Å². The Labute approximate surface area is 175 Å².